The van der Waals surface area contributed by atoms with E-state index in [0.717, 1.165) is 24.9 Å². The Morgan fingerprint density at radius 2 is 1.78 bits per heavy atom. The fourth-order valence-electron chi connectivity index (χ4n) is 4.31. The Morgan fingerprint density at radius 1 is 1.09 bits per heavy atom. The maximum absolute atomic E-state index is 13.1. The summed E-state index contributed by atoms with van der Waals surface area (Å²) in [7, 11) is -3.50. The van der Waals surface area contributed by atoms with Gasteiger partial charge in [-0.15, -0.1) is 0 Å². The molecule has 0 aliphatic carbocycles. The number of nitrogens with one attached hydrogen (secondary N) is 1. The van der Waals surface area contributed by atoms with Gasteiger partial charge in [0.05, 0.1) is 0 Å². The summed E-state index contributed by atoms with van der Waals surface area (Å²) in [5.74, 6) is 0.271. The van der Waals surface area contributed by atoms with Gasteiger partial charge in [-0.1, -0.05) is 44.2 Å². The molecule has 3 rings (SSSR count). The number of carbonyl (C=O) groups is 2. The van der Waals surface area contributed by atoms with Gasteiger partial charge in [0.25, 0.3) is 0 Å². The number of hydrogen-bond acceptors (Lipinski definition) is 4. The van der Waals surface area contributed by atoms with Crippen molar-refractivity contribution in [1.82, 2.24) is 14.5 Å². The van der Waals surface area contributed by atoms with Crippen molar-refractivity contribution >= 4 is 27.9 Å². The van der Waals surface area contributed by atoms with E-state index in [0.29, 0.717) is 39.0 Å². The lowest BCUT2D eigenvalue weighted by molar-refractivity contribution is -0.138. The Bertz CT molecular complexity index is 906. The minimum Gasteiger partial charge on any atom is -0.356 e. The molecule has 1 N–H and O–H groups in total. The van der Waals surface area contributed by atoms with Crippen LogP contribution < -0.4 is 5.32 Å². The normalized spacial score (nSPS) is 21.2. The third-order valence-electron chi connectivity index (χ3n) is 6.32. The molecule has 32 heavy (non-hydrogen) atoms. The number of sulfonamides is 1. The molecule has 1 aromatic rings. The SMILES string of the molecule is CC(C)C(=O)NC[C@H]1CCCN(C(=O)C2CCN(S(=O)(=O)/C=C\c3ccccc3)CC2)C1. The van der Waals surface area contributed by atoms with Gasteiger partial charge in [-0.3, -0.25) is 9.59 Å². The van der Waals surface area contributed by atoms with E-state index in [4.69, 9.17) is 0 Å². The molecular weight excluding hydrogens is 426 g/mol. The van der Waals surface area contributed by atoms with E-state index < -0.39 is 10.0 Å². The van der Waals surface area contributed by atoms with Crippen LogP contribution in [0.5, 0.6) is 0 Å². The van der Waals surface area contributed by atoms with Crippen LogP contribution in [0.1, 0.15) is 45.1 Å². The first-order valence-corrected chi connectivity index (χ1v) is 13.1. The van der Waals surface area contributed by atoms with Crippen LogP contribution in [0.2, 0.25) is 0 Å². The lowest BCUT2D eigenvalue weighted by Crippen LogP contribution is -2.48. The molecule has 0 spiro atoms. The zero-order chi connectivity index (χ0) is 23.1. The summed E-state index contributed by atoms with van der Waals surface area (Å²) in [4.78, 5) is 26.8. The predicted octanol–water partition coefficient (Wildman–Crippen LogP) is 2.71. The number of rotatable bonds is 7. The molecule has 176 valence electrons. The Balaban J connectivity index is 1.49. The molecule has 0 unspecified atom stereocenters. The van der Waals surface area contributed by atoms with Gasteiger partial charge < -0.3 is 10.2 Å². The molecule has 0 radical (unpaired) electrons. The topological polar surface area (TPSA) is 86.8 Å². The predicted molar refractivity (Wildman–Crippen MR) is 126 cm³/mol. The van der Waals surface area contributed by atoms with Gasteiger partial charge in [-0.05, 0) is 43.2 Å². The minimum absolute atomic E-state index is 0.0414. The second-order valence-corrected chi connectivity index (χ2v) is 10.9. The third-order valence-corrected chi connectivity index (χ3v) is 7.88. The van der Waals surface area contributed by atoms with Crippen molar-refractivity contribution in [2.24, 2.45) is 17.8 Å². The summed E-state index contributed by atoms with van der Waals surface area (Å²) in [5.41, 5.74) is 0.838. The van der Waals surface area contributed by atoms with Gasteiger partial charge in [0.2, 0.25) is 21.8 Å². The smallest absolute Gasteiger partial charge is 0.236 e. The van der Waals surface area contributed by atoms with Crippen LogP contribution in [-0.2, 0) is 19.6 Å². The molecule has 1 atom stereocenters. The molecule has 8 heteroatoms. The van der Waals surface area contributed by atoms with Crippen LogP contribution in [0.15, 0.2) is 35.7 Å². The second kappa shape index (κ2) is 11.1. The van der Waals surface area contributed by atoms with Gasteiger partial charge >= 0.3 is 0 Å². The van der Waals surface area contributed by atoms with Crippen molar-refractivity contribution in [1.29, 1.82) is 0 Å². The van der Waals surface area contributed by atoms with Crippen LogP contribution in [0, 0.1) is 17.8 Å². The number of nitrogens with zero attached hydrogens (tertiary/aromatic N) is 2. The highest BCUT2D eigenvalue weighted by molar-refractivity contribution is 7.92. The molecule has 0 saturated carbocycles. The minimum atomic E-state index is -3.50. The summed E-state index contributed by atoms with van der Waals surface area (Å²) in [5, 5.41) is 4.24. The molecule has 2 saturated heterocycles. The van der Waals surface area contributed by atoms with Crippen LogP contribution >= 0.6 is 0 Å². The fourth-order valence-corrected chi connectivity index (χ4v) is 5.53. The van der Waals surface area contributed by atoms with E-state index in [1.807, 2.05) is 49.1 Å². The van der Waals surface area contributed by atoms with Crippen molar-refractivity contribution in [2.45, 2.75) is 39.5 Å². The first kappa shape index (κ1) is 24.5. The van der Waals surface area contributed by atoms with E-state index in [-0.39, 0.29) is 29.6 Å². The zero-order valence-electron chi connectivity index (χ0n) is 19.1. The molecule has 0 aromatic heterocycles. The molecule has 2 fully saturated rings. The number of carbonyl (C=O) groups excluding carboxylic acids is 2. The monoisotopic (exact) mass is 461 g/mol. The standard InChI is InChI=1S/C24H35N3O4S/c1-19(2)23(28)25-17-21-9-6-13-26(18-21)24(29)22-10-14-27(15-11-22)32(30,31)16-12-20-7-4-3-5-8-20/h3-5,7-8,12,16,19,21-22H,6,9-11,13-15,17-18H2,1-2H3,(H,25,28)/b16-12-/t21-/m1/s1. The Kier molecular flexibility index (Phi) is 8.48. The third kappa shape index (κ3) is 6.65. The molecule has 7 nitrogen and oxygen atoms in total. The molecule has 0 bridgehead atoms. The second-order valence-electron chi connectivity index (χ2n) is 9.12. The van der Waals surface area contributed by atoms with Crippen molar-refractivity contribution in [3.05, 3.63) is 41.3 Å². The highest BCUT2D eigenvalue weighted by atomic mass is 32.2. The van der Waals surface area contributed by atoms with Crippen LogP contribution in [0.3, 0.4) is 0 Å². The summed E-state index contributed by atoms with van der Waals surface area (Å²) in [6, 6.07) is 9.34. The maximum atomic E-state index is 13.1. The lowest BCUT2D eigenvalue weighted by atomic mass is 9.92. The number of piperidine rings is 2. The van der Waals surface area contributed by atoms with E-state index in [2.05, 4.69) is 5.32 Å². The van der Waals surface area contributed by atoms with Gasteiger partial charge in [0.1, 0.15) is 0 Å². The first-order valence-electron chi connectivity index (χ1n) is 11.6. The average Bonchev–Trinajstić information content (AvgIpc) is 2.81. The van der Waals surface area contributed by atoms with Crippen LogP contribution in [0.25, 0.3) is 6.08 Å². The summed E-state index contributed by atoms with van der Waals surface area (Å²) < 4.78 is 26.8. The largest absolute Gasteiger partial charge is 0.356 e. The van der Waals surface area contributed by atoms with Crippen molar-refractivity contribution in [3.8, 4) is 0 Å². The van der Waals surface area contributed by atoms with Gasteiger partial charge in [-0.25, -0.2) is 8.42 Å². The number of likely N-dealkylation sites (tertiary alicyclic amines) is 1. The first-order chi connectivity index (χ1) is 15.3. The zero-order valence-corrected chi connectivity index (χ0v) is 19.9. The molecule has 2 aliphatic rings. The van der Waals surface area contributed by atoms with Gasteiger partial charge in [-0.2, -0.15) is 4.31 Å². The number of benzene rings is 1. The number of hydrogen-bond donors (Lipinski definition) is 1. The van der Waals surface area contributed by atoms with E-state index >= 15 is 0 Å². The van der Waals surface area contributed by atoms with Crippen molar-refractivity contribution in [2.75, 3.05) is 32.7 Å². The van der Waals surface area contributed by atoms with Gasteiger partial charge in [0, 0.05) is 50.0 Å². The maximum Gasteiger partial charge on any atom is 0.236 e. The summed E-state index contributed by atoms with van der Waals surface area (Å²) >= 11 is 0. The highest BCUT2D eigenvalue weighted by Gasteiger charge is 2.34. The molecule has 1 aromatic carbocycles. The Hall–Kier alpha value is -2.19. The molecule has 2 heterocycles. The summed E-state index contributed by atoms with van der Waals surface area (Å²) in [6.45, 7) is 6.47. The molecular formula is C24H35N3O4S. The average molecular weight is 462 g/mol. The quantitative estimate of drug-likeness (QED) is 0.676. The van der Waals surface area contributed by atoms with Crippen LogP contribution in [-0.4, -0.2) is 62.2 Å². The van der Waals surface area contributed by atoms with Crippen molar-refractivity contribution < 1.29 is 18.0 Å². The number of amides is 2. The molecule has 2 amide bonds. The Morgan fingerprint density at radius 3 is 2.44 bits per heavy atom. The van der Waals surface area contributed by atoms with Gasteiger partial charge in [0.15, 0.2) is 0 Å². The Labute approximate surface area is 191 Å². The van der Waals surface area contributed by atoms with E-state index in [9.17, 15) is 18.0 Å². The van der Waals surface area contributed by atoms with E-state index in [1.54, 1.807) is 6.08 Å². The van der Waals surface area contributed by atoms with Crippen LogP contribution in [0.4, 0.5) is 0 Å². The fraction of sp³-hybridized carbons (Fsp3) is 0.583. The van der Waals surface area contributed by atoms with E-state index in [1.165, 1.54) is 9.71 Å². The van der Waals surface area contributed by atoms with Crippen molar-refractivity contribution in [3.63, 3.8) is 0 Å². The highest BCUT2D eigenvalue weighted by Crippen LogP contribution is 2.25. The lowest BCUT2D eigenvalue weighted by Gasteiger charge is -2.37. The summed E-state index contributed by atoms with van der Waals surface area (Å²) in [6.07, 6.45) is 4.64. The molecule has 2 aliphatic heterocycles.